The molecule has 0 spiro atoms. The van der Waals surface area contributed by atoms with E-state index in [0.29, 0.717) is 17.5 Å². The standard InChI is InChI=1S/C24H40N4O2.HI/c1-6-25-22(27-18-24(14-15-30-5)12-7-8-13-24)26-17-19-10-9-11-20(16-19)21(29)28-23(2,3)4;/h9-11,16H,6-8,12-15,17-18H2,1-5H3,(H,28,29)(H2,25,26,27);1H. The van der Waals surface area contributed by atoms with Crippen LogP contribution in [0.15, 0.2) is 29.3 Å². The summed E-state index contributed by atoms with van der Waals surface area (Å²) in [4.78, 5) is 17.2. The van der Waals surface area contributed by atoms with E-state index >= 15 is 0 Å². The van der Waals surface area contributed by atoms with Crippen LogP contribution in [0.4, 0.5) is 0 Å². The van der Waals surface area contributed by atoms with Gasteiger partial charge in [0.15, 0.2) is 5.96 Å². The van der Waals surface area contributed by atoms with Gasteiger partial charge in [0.2, 0.25) is 0 Å². The molecule has 3 N–H and O–H groups in total. The maximum absolute atomic E-state index is 12.4. The number of hydrogen-bond donors (Lipinski definition) is 3. The molecule has 176 valence electrons. The van der Waals surface area contributed by atoms with Gasteiger partial charge >= 0.3 is 0 Å². The predicted molar refractivity (Wildman–Crippen MR) is 139 cm³/mol. The fourth-order valence-electron chi connectivity index (χ4n) is 3.97. The van der Waals surface area contributed by atoms with E-state index in [1.54, 1.807) is 7.11 Å². The molecule has 1 saturated carbocycles. The Hall–Kier alpha value is -1.35. The lowest BCUT2D eigenvalue weighted by atomic mass is 9.83. The topological polar surface area (TPSA) is 74.8 Å². The molecular formula is C24H41IN4O2. The van der Waals surface area contributed by atoms with Gasteiger partial charge in [0.05, 0.1) is 6.54 Å². The molecule has 1 amide bonds. The van der Waals surface area contributed by atoms with Crippen LogP contribution in [0.25, 0.3) is 0 Å². The lowest BCUT2D eigenvalue weighted by molar-refractivity contribution is 0.0919. The number of carbonyl (C=O) groups excluding carboxylic acids is 1. The lowest BCUT2D eigenvalue weighted by Crippen LogP contribution is -2.43. The number of nitrogens with one attached hydrogen (secondary N) is 3. The molecular weight excluding hydrogens is 503 g/mol. The Morgan fingerprint density at radius 3 is 2.52 bits per heavy atom. The van der Waals surface area contributed by atoms with Crippen LogP contribution < -0.4 is 16.0 Å². The molecule has 0 aliphatic heterocycles. The number of guanidine groups is 1. The average molecular weight is 545 g/mol. The van der Waals surface area contributed by atoms with Crippen LogP contribution in [0.3, 0.4) is 0 Å². The van der Waals surface area contributed by atoms with Gasteiger partial charge in [-0.05, 0) is 70.1 Å². The number of benzene rings is 1. The minimum atomic E-state index is -0.258. The summed E-state index contributed by atoms with van der Waals surface area (Å²) < 4.78 is 5.34. The van der Waals surface area contributed by atoms with Gasteiger partial charge in [-0.15, -0.1) is 24.0 Å². The minimum Gasteiger partial charge on any atom is -0.385 e. The first-order valence-electron chi connectivity index (χ1n) is 11.2. The van der Waals surface area contributed by atoms with E-state index in [2.05, 4.69) is 22.9 Å². The number of halogens is 1. The van der Waals surface area contributed by atoms with Crippen molar-refractivity contribution >= 4 is 35.8 Å². The van der Waals surface area contributed by atoms with Crippen molar-refractivity contribution in [2.45, 2.75) is 71.9 Å². The summed E-state index contributed by atoms with van der Waals surface area (Å²) in [6.07, 6.45) is 6.16. The predicted octanol–water partition coefficient (Wildman–Crippen LogP) is 4.48. The summed E-state index contributed by atoms with van der Waals surface area (Å²) in [5, 5.41) is 9.91. The van der Waals surface area contributed by atoms with Crippen LogP contribution in [0.2, 0.25) is 0 Å². The van der Waals surface area contributed by atoms with Crippen LogP contribution in [-0.2, 0) is 11.3 Å². The fourth-order valence-corrected chi connectivity index (χ4v) is 3.97. The first-order chi connectivity index (χ1) is 14.3. The number of ether oxygens (including phenoxy) is 1. The Kier molecular flexibility index (Phi) is 11.8. The molecule has 31 heavy (non-hydrogen) atoms. The summed E-state index contributed by atoms with van der Waals surface area (Å²) in [5.41, 5.74) is 1.73. The zero-order valence-corrected chi connectivity index (χ0v) is 22.2. The highest BCUT2D eigenvalue weighted by Crippen LogP contribution is 2.40. The van der Waals surface area contributed by atoms with E-state index in [-0.39, 0.29) is 35.4 Å². The molecule has 1 aromatic carbocycles. The smallest absolute Gasteiger partial charge is 0.251 e. The van der Waals surface area contributed by atoms with E-state index in [4.69, 9.17) is 9.73 Å². The monoisotopic (exact) mass is 544 g/mol. The average Bonchev–Trinajstić information content (AvgIpc) is 3.16. The molecule has 0 saturated heterocycles. The maximum atomic E-state index is 12.4. The molecule has 6 nitrogen and oxygen atoms in total. The zero-order chi connectivity index (χ0) is 22.0. The molecule has 0 radical (unpaired) electrons. The normalized spacial score (nSPS) is 15.8. The number of aliphatic imine (C=N–C) groups is 1. The van der Waals surface area contributed by atoms with Gasteiger partial charge in [-0.2, -0.15) is 0 Å². The van der Waals surface area contributed by atoms with Crippen molar-refractivity contribution in [3.05, 3.63) is 35.4 Å². The van der Waals surface area contributed by atoms with Crippen LogP contribution in [0.5, 0.6) is 0 Å². The maximum Gasteiger partial charge on any atom is 0.251 e. The Balaban J connectivity index is 0.00000480. The Morgan fingerprint density at radius 2 is 1.90 bits per heavy atom. The number of nitrogens with zero attached hydrogens (tertiary/aromatic N) is 1. The van der Waals surface area contributed by atoms with Gasteiger partial charge in [-0.1, -0.05) is 25.0 Å². The highest BCUT2D eigenvalue weighted by Gasteiger charge is 2.33. The molecule has 7 heteroatoms. The molecule has 0 bridgehead atoms. The quantitative estimate of drug-likeness (QED) is 0.244. The molecule has 1 aromatic rings. The summed E-state index contributed by atoms with van der Waals surface area (Å²) in [5.74, 6) is 0.769. The SMILES string of the molecule is CCNC(=NCc1cccc(C(=O)NC(C)(C)C)c1)NCC1(CCOC)CCCC1.I. The summed E-state index contributed by atoms with van der Waals surface area (Å²) >= 11 is 0. The second kappa shape index (κ2) is 13.3. The molecule has 0 unspecified atom stereocenters. The zero-order valence-electron chi connectivity index (χ0n) is 19.8. The summed E-state index contributed by atoms with van der Waals surface area (Å²) in [6, 6.07) is 7.70. The van der Waals surface area contributed by atoms with Crippen molar-refractivity contribution in [1.29, 1.82) is 0 Å². The third-order valence-corrected chi connectivity index (χ3v) is 5.57. The van der Waals surface area contributed by atoms with Gasteiger partial charge in [-0.3, -0.25) is 4.79 Å². The van der Waals surface area contributed by atoms with Gasteiger partial charge in [0, 0.05) is 37.9 Å². The van der Waals surface area contributed by atoms with Crippen LogP contribution in [0.1, 0.15) is 75.7 Å². The van der Waals surface area contributed by atoms with Crippen LogP contribution in [-0.4, -0.2) is 44.2 Å². The van der Waals surface area contributed by atoms with E-state index < -0.39 is 0 Å². The molecule has 0 aromatic heterocycles. The van der Waals surface area contributed by atoms with E-state index in [0.717, 1.165) is 37.6 Å². The van der Waals surface area contributed by atoms with Crippen molar-refractivity contribution in [2.24, 2.45) is 10.4 Å². The number of hydrogen-bond acceptors (Lipinski definition) is 3. The van der Waals surface area contributed by atoms with Crippen LogP contribution >= 0.6 is 24.0 Å². The van der Waals surface area contributed by atoms with Crippen molar-refractivity contribution in [3.63, 3.8) is 0 Å². The van der Waals surface area contributed by atoms with Crippen molar-refractivity contribution in [1.82, 2.24) is 16.0 Å². The number of rotatable bonds is 9. The molecule has 1 aliphatic rings. The molecule has 0 atom stereocenters. The van der Waals surface area contributed by atoms with Crippen molar-refractivity contribution < 1.29 is 9.53 Å². The number of methoxy groups -OCH3 is 1. The lowest BCUT2D eigenvalue weighted by Gasteiger charge is -2.30. The number of carbonyl (C=O) groups is 1. The number of amides is 1. The van der Waals surface area contributed by atoms with Gasteiger partial charge in [-0.25, -0.2) is 4.99 Å². The van der Waals surface area contributed by atoms with E-state index in [1.807, 2.05) is 45.0 Å². The second-order valence-electron chi connectivity index (χ2n) is 9.40. The van der Waals surface area contributed by atoms with Crippen molar-refractivity contribution in [2.75, 3.05) is 26.8 Å². The highest BCUT2D eigenvalue weighted by molar-refractivity contribution is 14.0. The minimum absolute atomic E-state index is 0. The van der Waals surface area contributed by atoms with Gasteiger partial charge in [0.1, 0.15) is 0 Å². The summed E-state index contributed by atoms with van der Waals surface area (Å²) in [6.45, 7) is 11.1. The molecule has 2 rings (SSSR count). The first kappa shape index (κ1) is 27.7. The summed E-state index contributed by atoms with van der Waals surface area (Å²) in [7, 11) is 1.78. The van der Waals surface area contributed by atoms with E-state index in [1.165, 1.54) is 25.7 Å². The second-order valence-corrected chi connectivity index (χ2v) is 9.40. The largest absolute Gasteiger partial charge is 0.385 e. The Labute approximate surface area is 205 Å². The van der Waals surface area contributed by atoms with Gasteiger partial charge in [0.25, 0.3) is 5.91 Å². The van der Waals surface area contributed by atoms with E-state index in [9.17, 15) is 4.79 Å². The van der Waals surface area contributed by atoms with Gasteiger partial charge < -0.3 is 20.7 Å². The third kappa shape index (κ3) is 9.76. The molecule has 1 aliphatic carbocycles. The fraction of sp³-hybridized carbons (Fsp3) is 0.667. The highest BCUT2D eigenvalue weighted by atomic mass is 127. The van der Waals surface area contributed by atoms with Crippen molar-refractivity contribution in [3.8, 4) is 0 Å². The molecule has 1 fully saturated rings. The Bertz CT molecular complexity index is 710. The Morgan fingerprint density at radius 1 is 1.19 bits per heavy atom. The first-order valence-corrected chi connectivity index (χ1v) is 11.2. The van der Waals surface area contributed by atoms with Crippen LogP contribution in [0, 0.1) is 5.41 Å². The molecule has 0 heterocycles. The third-order valence-electron chi connectivity index (χ3n) is 5.57.